The van der Waals surface area contributed by atoms with Crippen LogP contribution in [0.4, 0.5) is 4.79 Å². The first-order valence-corrected chi connectivity index (χ1v) is 10.3. The Hall–Kier alpha value is -3.09. The SMILES string of the molecule is Cc1cc2nnc(-c3ccccc3O)cc2n1C1[C@H]2CN(C(=O)OC(C)(C)C)C[C@@H]12. The summed E-state index contributed by atoms with van der Waals surface area (Å²) >= 11 is 0. The lowest BCUT2D eigenvalue weighted by Gasteiger charge is -2.26. The molecular formula is C23H26N4O3. The minimum Gasteiger partial charge on any atom is -0.507 e. The van der Waals surface area contributed by atoms with Crippen LogP contribution in [0, 0.1) is 18.8 Å². The van der Waals surface area contributed by atoms with Crippen LogP contribution in [0.15, 0.2) is 36.4 Å². The van der Waals surface area contributed by atoms with Crippen LogP contribution in [0.2, 0.25) is 0 Å². The van der Waals surface area contributed by atoms with Crippen molar-refractivity contribution in [2.75, 3.05) is 13.1 Å². The standard InChI is InChI=1S/C23H26N4O3/c1-13-9-18-19(10-17(24-25-18)14-7-5-6-8-20(14)28)27(13)21-15-11-26(12-16(15)21)22(29)30-23(2,3)4/h5-10,15-16,21,28H,11-12H2,1-4H3/t15-,16+,21?. The maximum Gasteiger partial charge on any atom is 0.410 e. The number of carbonyl (C=O) groups is 1. The lowest BCUT2D eigenvalue weighted by molar-refractivity contribution is 0.0267. The molecule has 0 bridgehead atoms. The van der Waals surface area contributed by atoms with E-state index in [9.17, 15) is 9.90 Å². The topological polar surface area (TPSA) is 80.5 Å². The largest absolute Gasteiger partial charge is 0.507 e. The van der Waals surface area contributed by atoms with E-state index in [-0.39, 0.29) is 11.8 Å². The number of piperidine rings is 1. The zero-order valence-corrected chi connectivity index (χ0v) is 17.7. The molecule has 30 heavy (non-hydrogen) atoms. The Kier molecular flexibility index (Phi) is 4.07. The molecule has 1 amide bonds. The number of amides is 1. The normalized spacial score (nSPS) is 22.9. The van der Waals surface area contributed by atoms with Gasteiger partial charge in [-0.05, 0) is 52.0 Å². The van der Waals surface area contributed by atoms with E-state index in [0.717, 1.165) is 16.7 Å². The van der Waals surface area contributed by atoms with Crippen LogP contribution in [-0.2, 0) is 4.74 Å². The van der Waals surface area contributed by atoms with Crippen molar-refractivity contribution in [3.05, 3.63) is 42.1 Å². The predicted molar refractivity (Wildman–Crippen MR) is 113 cm³/mol. The van der Waals surface area contributed by atoms with Crippen LogP contribution in [0.25, 0.3) is 22.3 Å². The Bertz CT molecular complexity index is 1140. The summed E-state index contributed by atoms with van der Waals surface area (Å²) in [6, 6.07) is 11.6. The second-order valence-electron chi connectivity index (χ2n) is 9.38. The second-order valence-corrected chi connectivity index (χ2v) is 9.38. The van der Waals surface area contributed by atoms with Gasteiger partial charge in [0.25, 0.3) is 0 Å². The van der Waals surface area contributed by atoms with Gasteiger partial charge in [-0.2, -0.15) is 0 Å². The summed E-state index contributed by atoms with van der Waals surface area (Å²) in [6.07, 6.45) is -0.227. The maximum atomic E-state index is 12.4. The molecule has 0 radical (unpaired) electrons. The van der Waals surface area contributed by atoms with Crippen LogP contribution in [0.3, 0.4) is 0 Å². The number of fused-ring (bicyclic) bond motifs is 2. The predicted octanol–water partition coefficient (Wildman–Crippen LogP) is 4.15. The Morgan fingerprint density at radius 1 is 1.13 bits per heavy atom. The average molecular weight is 406 g/mol. The molecule has 1 N–H and O–H groups in total. The van der Waals surface area contributed by atoms with E-state index in [4.69, 9.17) is 4.74 Å². The van der Waals surface area contributed by atoms with Gasteiger partial charge >= 0.3 is 6.09 Å². The van der Waals surface area contributed by atoms with Gasteiger partial charge in [0, 0.05) is 42.2 Å². The number of carbonyl (C=O) groups excluding carboxylic acids is 1. The molecule has 1 saturated heterocycles. The highest BCUT2D eigenvalue weighted by molar-refractivity contribution is 5.82. The first kappa shape index (κ1) is 18.9. The smallest absolute Gasteiger partial charge is 0.410 e. The third-order valence-corrected chi connectivity index (χ3v) is 6.07. The van der Waals surface area contributed by atoms with Gasteiger partial charge in [0.05, 0.1) is 11.2 Å². The number of aromatic nitrogens is 3. The molecule has 2 aliphatic rings. The summed E-state index contributed by atoms with van der Waals surface area (Å²) in [5, 5.41) is 18.9. The molecule has 1 unspecified atom stereocenters. The van der Waals surface area contributed by atoms with Crippen molar-refractivity contribution in [2.24, 2.45) is 11.8 Å². The number of hydrogen-bond acceptors (Lipinski definition) is 5. The molecular weight excluding hydrogens is 380 g/mol. The highest BCUT2D eigenvalue weighted by Crippen LogP contribution is 2.56. The van der Waals surface area contributed by atoms with Crippen LogP contribution in [0.1, 0.15) is 32.5 Å². The van der Waals surface area contributed by atoms with Crippen molar-refractivity contribution in [3.8, 4) is 17.0 Å². The van der Waals surface area contributed by atoms with Crippen molar-refractivity contribution in [2.45, 2.75) is 39.3 Å². The first-order chi connectivity index (χ1) is 14.2. The van der Waals surface area contributed by atoms with Crippen LogP contribution < -0.4 is 0 Å². The van der Waals surface area contributed by atoms with Crippen molar-refractivity contribution >= 4 is 17.1 Å². The number of nitrogens with zero attached hydrogens (tertiary/aromatic N) is 4. The van der Waals surface area contributed by atoms with Gasteiger partial charge in [-0.25, -0.2) is 4.79 Å². The molecule has 1 aromatic carbocycles. The molecule has 3 aromatic rings. The number of phenolic OH excluding ortho intramolecular Hbond substituents is 1. The molecule has 2 aromatic heterocycles. The average Bonchev–Trinajstić information content (AvgIpc) is 3.00. The van der Waals surface area contributed by atoms with Gasteiger partial charge in [0.15, 0.2) is 0 Å². The summed E-state index contributed by atoms with van der Waals surface area (Å²) in [7, 11) is 0. The van der Waals surface area contributed by atoms with E-state index in [1.165, 1.54) is 0 Å². The highest BCUT2D eigenvalue weighted by atomic mass is 16.6. The highest BCUT2D eigenvalue weighted by Gasteiger charge is 2.58. The molecule has 3 heterocycles. The third-order valence-electron chi connectivity index (χ3n) is 6.07. The van der Waals surface area contributed by atoms with E-state index < -0.39 is 5.60 Å². The van der Waals surface area contributed by atoms with Crippen molar-refractivity contribution in [3.63, 3.8) is 0 Å². The third kappa shape index (κ3) is 3.09. The van der Waals surface area contributed by atoms with E-state index >= 15 is 0 Å². The summed E-state index contributed by atoms with van der Waals surface area (Å²) in [5.41, 5.74) is 3.85. The number of rotatable bonds is 2. The Balaban J connectivity index is 1.42. The Morgan fingerprint density at radius 2 is 1.83 bits per heavy atom. The maximum absolute atomic E-state index is 12.4. The number of phenols is 1. The van der Waals surface area contributed by atoms with Crippen molar-refractivity contribution in [1.82, 2.24) is 19.7 Å². The molecule has 7 heteroatoms. The molecule has 2 fully saturated rings. The number of hydrogen-bond donors (Lipinski definition) is 1. The summed E-state index contributed by atoms with van der Waals surface area (Å²) in [4.78, 5) is 14.2. The van der Waals surface area contributed by atoms with Gasteiger partial charge in [0.2, 0.25) is 0 Å². The van der Waals surface area contributed by atoms with Gasteiger partial charge in [-0.15, -0.1) is 10.2 Å². The summed E-state index contributed by atoms with van der Waals surface area (Å²) in [6.45, 7) is 9.19. The number of para-hydroxylation sites is 1. The fraction of sp³-hybridized carbons (Fsp3) is 0.435. The Labute approximate surface area is 175 Å². The van der Waals surface area contributed by atoms with Crippen LogP contribution in [-0.4, -0.2) is 49.6 Å². The minimum absolute atomic E-state index is 0.192. The number of ether oxygens (including phenoxy) is 1. The van der Waals surface area contributed by atoms with E-state index in [0.29, 0.717) is 42.2 Å². The van der Waals surface area contributed by atoms with Gasteiger partial charge in [-0.1, -0.05) is 12.1 Å². The number of benzene rings is 1. The molecule has 0 spiro atoms. The zero-order valence-electron chi connectivity index (χ0n) is 17.7. The monoisotopic (exact) mass is 406 g/mol. The lowest BCUT2D eigenvalue weighted by Crippen LogP contribution is -2.37. The minimum atomic E-state index is -0.478. The summed E-state index contributed by atoms with van der Waals surface area (Å²) in [5.74, 6) is 1.04. The zero-order chi connectivity index (χ0) is 21.2. The van der Waals surface area contributed by atoms with E-state index in [1.807, 2.05) is 43.9 Å². The molecule has 1 aliphatic heterocycles. The molecule has 7 nitrogen and oxygen atoms in total. The van der Waals surface area contributed by atoms with Gasteiger partial charge < -0.3 is 19.3 Å². The van der Waals surface area contributed by atoms with Gasteiger partial charge in [0.1, 0.15) is 16.9 Å². The van der Waals surface area contributed by atoms with E-state index in [2.05, 4.69) is 27.8 Å². The summed E-state index contributed by atoms with van der Waals surface area (Å²) < 4.78 is 7.85. The fourth-order valence-electron chi connectivity index (χ4n) is 4.72. The number of aromatic hydroxyl groups is 1. The van der Waals surface area contributed by atoms with Gasteiger partial charge in [-0.3, -0.25) is 0 Å². The molecule has 1 saturated carbocycles. The number of likely N-dealkylation sites (tertiary alicyclic amines) is 1. The van der Waals surface area contributed by atoms with E-state index in [1.54, 1.807) is 12.1 Å². The van der Waals surface area contributed by atoms with Crippen LogP contribution in [0.5, 0.6) is 5.75 Å². The molecule has 3 atom stereocenters. The van der Waals surface area contributed by atoms with Crippen molar-refractivity contribution in [1.29, 1.82) is 0 Å². The second kappa shape index (κ2) is 6.45. The molecule has 156 valence electrons. The quantitative estimate of drug-likeness (QED) is 0.691. The van der Waals surface area contributed by atoms with Crippen LogP contribution >= 0.6 is 0 Å². The number of aryl methyl sites for hydroxylation is 1. The fourth-order valence-corrected chi connectivity index (χ4v) is 4.72. The Morgan fingerprint density at radius 3 is 2.50 bits per heavy atom. The molecule has 5 rings (SSSR count). The molecule has 1 aliphatic carbocycles. The van der Waals surface area contributed by atoms with Crippen molar-refractivity contribution < 1.29 is 14.6 Å². The first-order valence-electron chi connectivity index (χ1n) is 10.3. The lowest BCUT2D eigenvalue weighted by atomic mass is 10.1.